The van der Waals surface area contributed by atoms with E-state index in [1.807, 2.05) is 7.05 Å². The summed E-state index contributed by atoms with van der Waals surface area (Å²) in [5.41, 5.74) is 0.457. The van der Waals surface area contributed by atoms with Crippen molar-refractivity contribution in [3.63, 3.8) is 0 Å². The molecular formula is C16H31N3OS. The van der Waals surface area contributed by atoms with E-state index in [1.165, 1.54) is 37.9 Å². The second kappa shape index (κ2) is 7.73. The highest BCUT2D eigenvalue weighted by Crippen LogP contribution is 2.48. The van der Waals surface area contributed by atoms with E-state index in [1.54, 1.807) is 0 Å². The third-order valence-corrected chi connectivity index (χ3v) is 6.26. The minimum absolute atomic E-state index is 0.379. The second-order valence-electron chi connectivity index (χ2n) is 6.63. The van der Waals surface area contributed by atoms with Gasteiger partial charge in [0.2, 0.25) is 0 Å². The van der Waals surface area contributed by atoms with E-state index in [2.05, 4.69) is 41.2 Å². The van der Waals surface area contributed by atoms with E-state index < -0.39 is 0 Å². The van der Waals surface area contributed by atoms with Crippen LogP contribution >= 0.6 is 11.8 Å². The number of hydrogen-bond donors (Lipinski definition) is 2. The van der Waals surface area contributed by atoms with Crippen LogP contribution in [0.4, 0.5) is 0 Å². The van der Waals surface area contributed by atoms with Crippen LogP contribution in [0.25, 0.3) is 0 Å². The lowest BCUT2D eigenvalue weighted by molar-refractivity contribution is 0.128. The van der Waals surface area contributed by atoms with Crippen molar-refractivity contribution in [1.82, 2.24) is 10.6 Å². The van der Waals surface area contributed by atoms with Gasteiger partial charge < -0.3 is 15.4 Å². The van der Waals surface area contributed by atoms with Gasteiger partial charge in [0.15, 0.2) is 5.96 Å². The Hall–Kier alpha value is -0.420. The zero-order valence-corrected chi connectivity index (χ0v) is 14.7. The van der Waals surface area contributed by atoms with Gasteiger partial charge in [-0.1, -0.05) is 0 Å². The molecule has 2 aliphatic rings. The number of thioether (sulfide) groups is 1. The van der Waals surface area contributed by atoms with E-state index in [-0.39, 0.29) is 0 Å². The summed E-state index contributed by atoms with van der Waals surface area (Å²) < 4.78 is 5.87. The van der Waals surface area contributed by atoms with Gasteiger partial charge in [-0.25, -0.2) is 0 Å². The van der Waals surface area contributed by atoms with Crippen LogP contribution in [-0.2, 0) is 4.74 Å². The molecule has 1 aliphatic heterocycles. The van der Waals surface area contributed by atoms with Crippen LogP contribution in [-0.4, -0.2) is 49.8 Å². The maximum atomic E-state index is 5.49. The minimum atomic E-state index is 0.379. The van der Waals surface area contributed by atoms with Gasteiger partial charge in [0.25, 0.3) is 0 Å². The summed E-state index contributed by atoms with van der Waals surface area (Å²) in [5, 5.41) is 7.02. The Morgan fingerprint density at radius 1 is 1.24 bits per heavy atom. The zero-order chi connectivity index (χ0) is 15.2. The number of nitrogens with zero attached hydrogens (tertiary/aromatic N) is 1. The number of rotatable bonds is 8. The first-order valence-electron chi connectivity index (χ1n) is 8.28. The van der Waals surface area contributed by atoms with Crippen molar-refractivity contribution in [3.05, 3.63) is 0 Å². The van der Waals surface area contributed by atoms with Gasteiger partial charge in [-0.2, -0.15) is 11.8 Å². The Bertz CT molecular complexity index is 349. The highest BCUT2D eigenvalue weighted by molar-refractivity contribution is 8.00. The Morgan fingerprint density at radius 2 is 2.00 bits per heavy atom. The summed E-state index contributed by atoms with van der Waals surface area (Å²) >= 11 is 2.08. The van der Waals surface area contributed by atoms with Crippen LogP contribution in [0.3, 0.4) is 0 Å². The van der Waals surface area contributed by atoms with Crippen molar-refractivity contribution >= 4 is 17.7 Å². The molecule has 21 heavy (non-hydrogen) atoms. The molecule has 0 spiro atoms. The number of nitrogens with one attached hydrogen (secondary N) is 2. The fraction of sp³-hybridized carbons (Fsp3) is 0.938. The van der Waals surface area contributed by atoms with Crippen molar-refractivity contribution in [1.29, 1.82) is 0 Å². The monoisotopic (exact) mass is 313 g/mol. The standard InChI is InChI=1S/C16H31N3OS/c1-4-20-10-9-16(7-8-16)13-19-14(17-3)18-12-15(2)6-5-11-21-15/h4-13H2,1-3H3,(H2,17,18,19). The van der Waals surface area contributed by atoms with Crippen molar-refractivity contribution in [2.45, 2.75) is 50.7 Å². The van der Waals surface area contributed by atoms with Crippen molar-refractivity contribution < 1.29 is 4.74 Å². The summed E-state index contributed by atoms with van der Waals surface area (Å²) in [4.78, 5) is 4.36. The molecule has 2 rings (SSSR count). The molecule has 0 aromatic heterocycles. The van der Waals surface area contributed by atoms with Crippen LogP contribution in [0.15, 0.2) is 4.99 Å². The number of aliphatic imine (C=N–C) groups is 1. The molecule has 1 saturated carbocycles. The quantitative estimate of drug-likeness (QED) is 0.411. The van der Waals surface area contributed by atoms with Gasteiger partial charge in [0.05, 0.1) is 0 Å². The van der Waals surface area contributed by atoms with Gasteiger partial charge in [-0.15, -0.1) is 0 Å². The highest BCUT2D eigenvalue weighted by atomic mass is 32.2. The molecule has 0 amide bonds. The van der Waals surface area contributed by atoms with E-state index in [0.29, 0.717) is 10.2 Å². The highest BCUT2D eigenvalue weighted by Gasteiger charge is 2.42. The normalized spacial score (nSPS) is 27.7. The first-order valence-corrected chi connectivity index (χ1v) is 9.26. The largest absolute Gasteiger partial charge is 0.382 e. The summed E-state index contributed by atoms with van der Waals surface area (Å²) in [6, 6.07) is 0. The van der Waals surface area contributed by atoms with Crippen molar-refractivity contribution in [2.75, 3.05) is 39.1 Å². The topological polar surface area (TPSA) is 45.6 Å². The molecule has 1 aliphatic carbocycles. The molecule has 0 radical (unpaired) electrons. The van der Waals surface area contributed by atoms with Crippen molar-refractivity contribution in [3.8, 4) is 0 Å². The van der Waals surface area contributed by atoms with Gasteiger partial charge in [-0.05, 0) is 57.1 Å². The molecule has 1 atom stereocenters. The lowest BCUT2D eigenvalue weighted by atomic mass is 10.0. The van der Waals surface area contributed by atoms with E-state index in [0.717, 1.165) is 32.3 Å². The van der Waals surface area contributed by atoms with Crippen LogP contribution in [0.5, 0.6) is 0 Å². The molecule has 122 valence electrons. The first kappa shape index (κ1) is 16.9. The third-order valence-electron chi connectivity index (χ3n) is 4.72. The fourth-order valence-corrected chi connectivity index (χ4v) is 4.11. The van der Waals surface area contributed by atoms with E-state index in [4.69, 9.17) is 4.74 Å². The minimum Gasteiger partial charge on any atom is -0.382 e. The summed E-state index contributed by atoms with van der Waals surface area (Å²) in [7, 11) is 1.86. The van der Waals surface area contributed by atoms with Gasteiger partial charge in [0.1, 0.15) is 0 Å². The molecule has 4 nitrogen and oxygen atoms in total. The van der Waals surface area contributed by atoms with Gasteiger partial charge in [0, 0.05) is 38.1 Å². The summed E-state index contributed by atoms with van der Waals surface area (Å²) in [6.45, 7) is 8.15. The summed E-state index contributed by atoms with van der Waals surface area (Å²) in [5.74, 6) is 2.25. The Labute approximate surface area is 133 Å². The molecule has 1 unspecified atom stereocenters. The molecule has 0 aromatic carbocycles. The molecule has 2 fully saturated rings. The average Bonchev–Trinajstić information content (AvgIpc) is 3.12. The van der Waals surface area contributed by atoms with E-state index in [9.17, 15) is 0 Å². The molecule has 0 bridgehead atoms. The Morgan fingerprint density at radius 3 is 2.57 bits per heavy atom. The molecule has 1 heterocycles. The maximum Gasteiger partial charge on any atom is 0.191 e. The molecule has 0 aromatic rings. The van der Waals surface area contributed by atoms with Crippen LogP contribution < -0.4 is 10.6 Å². The predicted octanol–water partition coefficient (Wildman–Crippen LogP) is 2.64. The molecule has 1 saturated heterocycles. The third kappa shape index (κ3) is 5.37. The van der Waals surface area contributed by atoms with Gasteiger partial charge >= 0.3 is 0 Å². The average molecular weight is 314 g/mol. The molecule has 5 heteroatoms. The first-order chi connectivity index (χ1) is 10.1. The lowest BCUT2D eigenvalue weighted by Crippen LogP contribution is -2.45. The molecule has 2 N–H and O–H groups in total. The van der Waals surface area contributed by atoms with E-state index >= 15 is 0 Å². The molecular weight excluding hydrogens is 282 g/mol. The summed E-state index contributed by atoms with van der Waals surface area (Å²) in [6.07, 6.45) is 6.45. The Kier molecular flexibility index (Phi) is 6.23. The SMILES string of the molecule is CCOCCC1(CNC(=NC)NCC2(C)CCCS2)CC1. The fourth-order valence-electron chi connectivity index (χ4n) is 2.86. The van der Waals surface area contributed by atoms with Crippen LogP contribution in [0, 0.1) is 5.41 Å². The van der Waals surface area contributed by atoms with Crippen LogP contribution in [0.2, 0.25) is 0 Å². The number of guanidine groups is 1. The zero-order valence-electron chi connectivity index (χ0n) is 13.8. The predicted molar refractivity (Wildman–Crippen MR) is 92.2 cm³/mol. The lowest BCUT2D eigenvalue weighted by Gasteiger charge is -2.25. The van der Waals surface area contributed by atoms with Gasteiger partial charge in [-0.3, -0.25) is 4.99 Å². The Balaban J connectivity index is 1.68. The van der Waals surface area contributed by atoms with Crippen LogP contribution in [0.1, 0.15) is 46.0 Å². The second-order valence-corrected chi connectivity index (χ2v) is 8.31. The number of ether oxygens (including phenoxy) is 1. The van der Waals surface area contributed by atoms with Crippen molar-refractivity contribution in [2.24, 2.45) is 10.4 Å². The smallest absolute Gasteiger partial charge is 0.191 e. The maximum absolute atomic E-state index is 5.49. The number of hydrogen-bond acceptors (Lipinski definition) is 3.